The highest BCUT2D eigenvalue weighted by molar-refractivity contribution is 6.33. The number of anilines is 1. The van der Waals surface area contributed by atoms with Gasteiger partial charge in [-0.25, -0.2) is 0 Å². The third-order valence-corrected chi connectivity index (χ3v) is 4.20. The molecule has 0 aliphatic carbocycles. The van der Waals surface area contributed by atoms with Gasteiger partial charge in [0.15, 0.2) is 0 Å². The molecular formula is C18H14ClF6NO. The van der Waals surface area contributed by atoms with E-state index >= 15 is 0 Å². The Labute approximate surface area is 156 Å². The van der Waals surface area contributed by atoms with Crippen molar-refractivity contribution in [1.29, 1.82) is 0 Å². The van der Waals surface area contributed by atoms with Gasteiger partial charge >= 0.3 is 12.4 Å². The first kappa shape index (κ1) is 21.1. The van der Waals surface area contributed by atoms with Crippen LogP contribution in [0.4, 0.5) is 32.0 Å². The summed E-state index contributed by atoms with van der Waals surface area (Å²) in [4.78, 5) is 0. The van der Waals surface area contributed by atoms with Gasteiger partial charge in [-0.15, -0.1) is 0 Å². The third-order valence-electron chi connectivity index (χ3n) is 3.87. The van der Waals surface area contributed by atoms with Crippen molar-refractivity contribution in [3.05, 3.63) is 69.8 Å². The van der Waals surface area contributed by atoms with Crippen molar-refractivity contribution >= 4 is 23.4 Å². The van der Waals surface area contributed by atoms with Gasteiger partial charge in [-0.05, 0) is 41.8 Å². The van der Waals surface area contributed by atoms with Gasteiger partial charge in [-0.3, -0.25) is 10.7 Å². The number of benzene rings is 2. The average Bonchev–Trinajstić information content (AvgIpc) is 2.55. The van der Waals surface area contributed by atoms with Crippen LogP contribution >= 0.6 is 11.6 Å². The van der Waals surface area contributed by atoms with E-state index in [1.807, 2.05) is 0 Å². The molecule has 9 heteroatoms. The lowest BCUT2D eigenvalue weighted by atomic mass is 9.96. The van der Waals surface area contributed by atoms with Crippen LogP contribution in [-0.2, 0) is 6.18 Å². The van der Waals surface area contributed by atoms with E-state index in [4.69, 9.17) is 16.8 Å². The predicted molar refractivity (Wildman–Crippen MR) is 90.9 cm³/mol. The van der Waals surface area contributed by atoms with Crippen molar-refractivity contribution in [2.75, 3.05) is 5.48 Å². The number of nitrogens with one attached hydrogen (secondary N) is 1. The highest BCUT2D eigenvalue weighted by atomic mass is 35.5. The maximum atomic E-state index is 13.4. The molecule has 146 valence electrons. The maximum absolute atomic E-state index is 13.4. The lowest BCUT2D eigenvalue weighted by Crippen LogP contribution is -2.19. The van der Waals surface area contributed by atoms with Crippen LogP contribution in [0.1, 0.15) is 28.2 Å². The molecule has 2 nitrogen and oxygen atoms in total. The lowest BCUT2D eigenvalue weighted by molar-refractivity contribution is -0.139. The molecule has 0 amide bonds. The topological polar surface area (TPSA) is 32.3 Å². The third kappa shape index (κ3) is 5.17. The van der Waals surface area contributed by atoms with Gasteiger partial charge in [0.25, 0.3) is 0 Å². The number of halogens is 7. The Morgan fingerprint density at radius 2 is 1.70 bits per heavy atom. The molecule has 0 aliphatic rings. The highest BCUT2D eigenvalue weighted by Gasteiger charge is 2.39. The van der Waals surface area contributed by atoms with Crippen LogP contribution in [0, 0.1) is 6.92 Å². The lowest BCUT2D eigenvalue weighted by Gasteiger charge is -2.18. The maximum Gasteiger partial charge on any atom is 0.416 e. The number of rotatable bonds is 4. The Bertz CT molecular complexity index is 845. The number of alkyl halides is 6. The zero-order chi connectivity index (χ0) is 20.4. The second kappa shape index (κ2) is 7.82. The molecule has 0 aliphatic heterocycles. The summed E-state index contributed by atoms with van der Waals surface area (Å²) >= 11 is 5.73. The molecule has 0 saturated heterocycles. The van der Waals surface area contributed by atoms with Crippen molar-refractivity contribution in [2.24, 2.45) is 0 Å². The van der Waals surface area contributed by atoms with Gasteiger partial charge in [0, 0.05) is 0 Å². The molecule has 2 rings (SSSR count). The first-order valence-corrected chi connectivity index (χ1v) is 7.93. The Morgan fingerprint density at radius 1 is 1.04 bits per heavy atom. The first-order chi connectivity index (χ1) is 12.4. The van der Waals surface area contributed by atoms with Crippen LogP contribution in [-0.4, -0.2) is 11.4 Å². The monoisotopic (exact) mass is 409 g/mol. The van der Waals surface area contributed by atoms with Gasteiger partial charge in [0.05, 0.1) is 22.2 Å². The van der Waals surface area contributed by atoms with Crippen molar-refractivity contribution < 1.29 is 31.5 Å². The van der Waals surface area contributed by atoms with Crippen LogP contribution in [0.2, 0.25) is 5.02 Å². The van der Waals surface area contributed by atoms with Crippen molar-refractivity contribution in [1.82, 2.24) is 0 Å². The van der Waals surface area contributed by atoms with Gasteiger partial charge in [0.1, 0.15) is 0 Å². The first-order valence-electron chi connectivity index (χ1n) is 7.56. The summed E-state index contributed by atoms with van der Waals surface area (Å²) in [5.74, 6) is -2.10. The Kier molecular flexibility index (Phi) is 6.11. The Hall–Kier alpha value is -2.19. The summed E-state index contributed by atoms with van der Waals surface area (Å²) in [7, 11) is 0. The molecule has 0 bridgehead atoms. The number of hydrogen-bond donors (Lipinski definition) is 2. The normalized spacial score (nSPS) is 13.8. The Balaban J connectivity index is 2.43. The minimum absolute atomic E-state index is 0.0134. The van der Waals surface area contributed by atoms with Gasteiger partial charge in [-0.1, -0.05) is 42.0 Å². The molecule has 1 atom stereocenters. The highest BCUT2D eigenvalue weighted by Crippen LogP contribution is 2.39. The van der Waals surface area contributed by atoms with E-state index in [0.717, 1.165) is 30.4 Å². The molecule has 0 heterocycles. The standard InChI is InChI=1S/C18H14ClF6NO/c1-10-2-3-11(8-14(10)18(23,24)25)4-6-13(17(20,21)22)12-5-7-15(19)16(9-12)26-27/h2-9,13,26-27H,1H3/b6-4+. The van der Waals surface area contributed by atoms with Gasteiger partial charge in [0.2, 0.25) is 0 Å². The molecule has 2 aromatic rings. The quantitative estimate of drug-likeness (QED) is 0.428. The fourth-order valence-corrected chi connectivity index (χ4v) is 2.65. The van der Waals surface area contributed by atoms with E-state index in [1.54, 1.807) is 5.48 Å². The smallest absolute Gasteiger partial charge is 0.291 e. The molecule has 0 saturated carbocycles. The van der Waals surface area contributed by atoms with Crippen LogP contribution in [0.3, 0.4) is 0 Å². The number of hydrogen-bond acceptors (Lipinski definition) is 2. The average molecular weight is 410 g/mol. The molecular weight excluding hydrogens is 396 g/mol. The van der Waals surface area contributed by atoms with E-state index in [9.17, 15) is 26.3 Å². The minimum Gasteiger partial charge on any atom is -0.291 e. The summed E-state index contributed by atoms with van der Waals surface area (Å²) in [6, 6.07) is 6.61. The molecule has 2 aromatic carbocycles. The number of allylic oxidation sites excluding steroid dienone is 1. The van der Waals surface area contributed by atoms with Crippen molar-refractivity contribution in [3.63, 3.8) is 0 Å². The van der Waals surface area contributed by atoms with Crippen molar-refractivity contribution in [2.45, 2.75) is 25.2 Å². The SMILES string of the molecule is Cc1ccc(/C=C/C(c2ccc(Cl)c(NO)c2)C(F)(F)F)cc1C(F)(F)F. The summed E-state index contributed by atoms with van der Waals surface area (Å²) in [5, 5.41) is 8.94. The summed E-state index contributed by atoms with van der Waals surface area (Å²) in [5.41, 5.74) is 0.393. The summed E-state index contributed by atoms with van der Waals surface area (Å²) in [6.07, 6.45) is -7.56. The fourth-order valence-electron chi connectivity index (χ4n) is 2.49. The van der Waals surface area contributed by atoms with E-state index in [2.05, 4.69) is 0 Å². The minimum atomic E-state index is -4.70. The van der Waals surface area contributed by atoms with E-state index in [-0.39, 0.29) is 27.4 Å². The fraction of sp³-hybridized carbons (Fsp3) is 0.222. The van der Waals surface area contributed by atoms with E-state index in [1.165, 1.54) is 25.1 Å². The second-order valence-electron chi connectivity index (χ2n) is 5.80. The molecule has 2 N–H and O–H groups in total. The van der Waals surface area contributed by atoms with Crippen LogP contribution in [0.15, 0.2) is 42.5 Å². The number of aryl methyl sites for hydroxylation is 1. The van der Waals surface area contributed by atoms with Crippen LogP contribution in [0.25, 0.3) is 6.08 Å². The van der Waals surface area contributed by atoms with Gasteiger partial charge in [-0.2, -0.15) is 26.3 Å². The largest absolute Gasteiger partial charge is 0.416 e. The van der Waals surface area contributed by atoms with Gasteiger partial charge < -0.3 is 0 Å². The summed E-state index contributed by atoms with van der Waals surface area (Å²) in [6.45, 7) is 1.27. The predicted octanol–water partition coefficient (Wildman–Crippen LogP) is 6.83. The Morgan fingerprint density at radius 3 is 2.26 bits per heavy atom. The van der Waals surface area contributed by atoms with E-state index < -0.39 is 23.8 Å². The molecule has 0 spiro atoms. The van der Waals surface area contributed by atoms with Crippen LogP contribution in [0.5, 0.6) is 0 Å². The van der Waals surface area contributed by atoms with Crippen LogP contribution < -0.4 is 5.48 Å². The second-order valence-corrected chi connectivity index (χ2v) is 6.21. The van der Waals surface area contributed by atoms with E-state index in [0.29, 0.717) is 0 Å². The molecule has 0 fully saturated rings. The molecule has 0 aromatic heterocycles. The molecule has 0 radical (unpaired) electrons. The zero-order valence-corrected chi connectivity index (χ0v) is 14.5. The molecule has 27 heavy (non-hydrogen) atoms. The molecule has 1 unspecified atom stereocenters. The zero-order valence-electron chi connectivity index (χ0n) is 13.8. The van der Waals surface area contributed by atoms with Crippen molar-refractivity contribution in [3.8, 4) is 0 Å². The summed E-state index contributed by atoms with van der Waals surface area (Å²) < 4.78 is 79.2.